The SMILES string of the molecule is CN(C(=O)c1ccccc1Cc1ccccc1)N1CCC(C#N)C1. The Morgan fingerprint density at radius 3 is 2.62 bits per heavy atom. The van der Waals surface area contributed by atoms with Gasteiger partial charge >= 0.3 is 0 Å². The summed E-state index contributed by atoms with van der Waals surface area (Å²) in [6.07, 6.45) is 1.55. The Kier molecular flexibility index (Phi) is 4.93. The standard InChI is InChI=1S/C20H21N3O/c1-22(23-12-11-17(14-21)15-23)20(24)19-10-6-5-9-18(19)13-16-7-3-2-4-8-16/h2-10,17H,11-13,15H2,1H3. The van der Waals surface area contributed by atoms with E-state index in [1.54, 1.807) is 12.1 Å². The summed E-state index contributed by atoms with van der Waals surface area (Å²) in [6.45, 7) is 1.38. The zero-order chi connectivity index (χ0) is 16.9. The van der Waals surface area contributed by atoms with Crippen LogP contribution in [0.2, 0.25) is 0 Å². The van der Waals surface area contributed by atoms with Gasteiger partial charge in [-0.25, -0.2) is 5.01 Å². The lowest BCUT2D eigenvalue weighted by molar-refractivity contribution is 0.0187. The van der Waals surface area contributed by atoms with Crippen LogP contribution in [-0.2, 0) is 6.42 Å². The Morgan fingerprint density at radius 2 is 1.92 bits per heavy atom. The second-order valence-corrected chi connectivity index (χ2v) is 6.18. The molecule has 3 rings (SSSR count). The fraction of sp³-hybridized carbons (Fsp3) is 0.300. The maximum atomic E-state index is 12.9. The van der Waals surface area contributed by atoms with Crippen molar-refractivity contribution in [3.05, 3.63) is 71.3 Å². The molecule has 0 bridgehead atoms. The maximum Gasteiger partial charge on any atom is 0.268 e. The van der Waals surface area contributed by atoms with Crippen LogP contribution in [0.5, 0.6) is 0 Å². The van der Waals surface area contributed by atoms with Crippen LogP contribution >= 0.6 is 0 Å². The van der Waals surface area contributed by atoms with Crippen LogP contribution in [0.25, 0.3) is 0 Å². The second-order valence-electron chi connectivity index (χ2n) is 6.18. The summed E-state index contributed by atoms with van der Waals surface area (Å²) >= 11 is 0. The van der Waals surface area contributed by atoms with Gasteiger partial charge < -0.3 is 0 Å². The lowest BCUT2D eigenvalue weighted by Crippen LogP contribution is -2.42. The molecule has 2 aromatic carbocycles. The molecule has 1 amide bonds. The van der Waals surface area contributed by atoms with Gasteiger partial charge in [0.15, 0.2) is 0 Å². The van der Waals surface area contributed by atoms with Crippen molar-refractivity contribution in [2.75, 3.05) is 20.1 Å². The number of hydrogen-bond acceptors (Lipinski definition) is 3. The van der Waals surface area contributed by atoms with Crippen molar-refractivity contribution in [2.45, 2.75) is 12.8 Å². The van der Waals surface area contributed by atoms with E-state index < -0.39 is 0 Å². The maximum absolute atomic E-state index is 12.9. The predicted octanol–water partition coefficient (Wildman–Crippen LogP) is 3.11. The summed E-state index contributed by atoms with van der Waals surface area (Å²) in [5, 5.41) is 12.7. The minimum absolute atomic E-state index is 0.0137. The third-order valence-corrected chi connectivity index (χ3v) is 4.55. The number of carbonyl (C=O) groups is 1. The molecule has 0 aliphatic carbocycles. The molecule has 4 heteroatoms. The highest BCUT2D eigenvalue weighted by Crippen LogP contribution is 2.20. The quantitative estimate of drug-likeness (QED) is 0.870. The van der Waals surface area contributed by atoms with Crippen molar-refractivity contribution in [1.82, 2.24) is 10.0 Å². The van der Waals surface area contributed by atoms with Crippen LogP contribution in [0, 0.1) is 17.2 Å². The van der Waals surface area contributed by atoms with E-state index in [2.05, 4.69) is 18.2 Å². The molecule has 1 fully saturated rings. The first kappa shape index (κ1) is 16.2. The zero-order valence-electron chi connectivity index (χ0n) is 13.9. The Hall–Kier alpha value is -2.64. The number of hydrazine groups is 1. The first-order valence-electron chi connectivity index (χ1n) is 8.23. The van der Waals surface area contributed by atoms with Gasteiger partial charge in [-0.05, 0) is 30.0 Å². The Bertz CT molecular complexity index is 751. The molecule has 4 nitrogen and oxygen atoms in total. The van der Waals surface area contributed by atoms with Crippen LogP contribution in [0.4, 0.5) is 0 Å². The third-order valence-electron chi connectivity index (χ3n) is 4.55. The molecule has 1 heterocycles. The fourth-order valence-corrected chi connectivity index (χ4v) is 3.12. The smallest absolute Gasteiger partial charge is 0.268 e. The van der Waals surface area contributed by atoms with Crippen LogP contribution < -0.4 is 0 Å². The van der Waals surface area contributed by atoms with E-state index in [1.807, 2.05) is 47.5 Å². The topological polar surface area (TPSA) is 47.3 Å². The van der Waals surface area contributed by atoms with Gasteiger partial charge in [0.2, 0.25) is 0 Å². The number of nitriles is 1. The summed E-state index contributed by atoms with van der Waals surface area (Å²) in [7, 11) is 1.79. The summed E-state index contributed by atoms with van der Waals surface area (Å²) in [5.74, 6) is -0.0000616. The first-order valence-corrected chi connectivity index (χ1v) is 8.23. The largest absolute Gasteiger partial charge is 0.274 e. The lowest BCUT2D eigenvalue weighted by atomic mass is 9.99. The summed E-state index contributed by atoms with van der Waals surface area (Å²) in [6, 6.07) is 20.2. The van der Waals surface area contributed by atoms with Crippen molar-refractivity contribution in [3.8, 4) is 6.07 Å². The van der Waals surface area contributed by atoms with Gasteiger partial charge in [0.1, 0.15) is 0 Å². The molecule has 122 valence electrons. The van der Waals surface area contributed by atoms with Crippen molar-refractivity contribution >= 4 is 5.91 Å². The lowest BCUT2D eigenvalue weighted by Gasteiger charge is -2.28. The molecule has 1 saturated heterocycles. The van der Waals surface area contributed by atoms with E-state index in [9.17, 15) is 4.79 Å². The Balaban J connectivity index is 1.79. The third kappa shape index (κ3) is 3.47. The second kappa shape index (κ2) is 7.29. The van der Waals surface area contributed by atoms with Crippen LogP contribution in [0.1, 0.15) is 27.9 Å². The summed E-state index contributed by atoms with van der Waals surface area (Å²) in [5.41, 5.74) is 2.94. The molecule has 0 radical (unpaired) electrons. The molecular weight excluding hydrogens is 298 g/mol. The Labute approximate surface area is 142 Å². The molecular formula is C20H21N3O. The molecule has 1 atom stereocenters. The highest BCUT2D eigenvalue weighted by molar-refractivity contribution is 5.95. The van der Waals surface area contributed by atoms with Crippen molar-refractivity contribution in [3.63, 3.8) is 0 Å². The number of amides is 1. The molecule has 1 aliphatic heterocycles. The van der Waals surface area contributed by atoms with Gasteiger partial charge in [-0.3, -0.25) is 9.80 Å². The van der Waals surface area contributed by atoms with Gasteiger partial charge in [-0.1, -0.05) is 48.5 Å². The molecule has 0 saturated carbocycles. The highest BCUT2D eigenvalue weighted by atomic mass is 16.2. The molecule has 1 unspecified atom stereocenters. The normalized spacial score (nSPS) is 17.4. The number of nitrogens with zero attached hydrogens (tertiary/aromatic N) is 3. The molecule has 0 aromatic heterocycles. The van der Waals surface area contributed by atoms with Gasteiger partial charge in [0, 0.05) is 25.7 Å². The van der Waals surface area contributed by atoms with Crippen LogP contribution in [0.15, 0.2) is 54.6 Å². The Morgan fingerprint density at radius 1 is 1.21 bits per heavy atom. The van der Waals surface area contributed by atoms with Crippen molar-refractivity contribution in [1.29, 1.82) is 5.26 Å². The van der Waals surface area contributed by atoms with Gasteiger partial charge in [0.25, 0.3) is 5.91 Å². The van der Waals surface area contributed by atoms with Gasteiger partial charge in [0.05, 0.1) is 12.0 Å². The predicted molar refractivity (Wildman–Crippen MR) is 93.1 cm³/mol. The van der Waals surface area contributed by atoms with E-state index in [1.165, 1.54) is 5.56 Å². The average Bonchev–Trinajstić information content (AvgIpc) is 3.11. The summed E-state index contributed by atoms with van der Waals surface area (Å²) < 4.78 is 0. The van der Waals surface area contributed by atoms with Crippen molar-refractivity contribution < 1.29 is 4.79 Å². The van der Waals surface area contributed by atoms with Crippen molar-refractivity contribution in [2.24, 2.45) is 5.92 Å². The van der Waals surface area contributed by atoms with E-state index in [-0.39, 0.29) is 11.8 Å². The van der Waals surface area contributed by atoms with E-state index in [0.717, 1.165) is 30.5 Å². The number of hydrogen-bond donors (Lipinski definition) is 0. The molecule has 1 aliphatic rings. The van der Waals surface area contributed by atoms with E-state index >= 15 is 0 Å². The van der Waals surface area contributed by atoms with Crippen LogP contribution in [-0.4, -0.2) is 36.1 Å². The zero-order valence-corrected chi connectivity index (χ0v) is 13.9. The van der Waals surface area contributed by atoms with Gasteiger partial charge in [-0.15, -0.1) is 0 Å². The highest BCUT2D eigenvalue weighted by Gasteiger charge is 2.28. The molecule has 2 aromatic rings. The minimum Gasteiger partial charge on any atom is -0.274 e. The average molecular weight is 319 g/mol. The number of carbonyl (C=O) groups excluding carboxylic acids is 1. The molecule has 0 spiro atoms. The fourth-order valence-electron chi connectivity index (χ4n) is 3.12. The van der Waals surface area contributed by atoms with Gasteiger partial charge in [-0.2, -0.15) is 5.26 Å². The molecule has 24 heavy (non-hydrogen) atoms. The van der Waals surface area contributed by atoms with Crippen LogP contribution in [0.3, 0.4) is 0 Å². The van der Waals surface area contributed by atoms with E-state index in [4.69, 9.17) is 5.26 Å². The van der Waals surface area contributed by atoms with E-state index in [0.29, 0.717) is 6.54 Å². The number of benzene rings is 2. The monoisotopic (exact) mass is 319 g/mol. The number of rotatable bonds is 4. The first-order chi connectivity index (χ1) is 11.7. The minimum atomic E-state index is -0.0138. The summed E-state index contributed by atoms with van der Waals surface area (Å²) in [4.78, 5) is 12.9. The molecule has 0 N–H and O–H groups in total.